The molecule has 0 N–H and O–H groups in total. The van der Waals surface area contributed by atoms with E-state index in [1.54, 1.807) is 0 Å². The van der Waals surface area contributed by atoms with Gasteiger partial charge in [0.05, 0.1) is 6.61 Å². The van der Waals surface area contributed by atoms with Crippen molar-refractivity contribution in [3.8, 4) is 0 Å². The van der Waals surface area contributed by atoms with E-state index in [2.05, 4.69) is 55.9 Å². The minimum absolute atomic E-state index is 0.546. The molecule has 1 saturated heterocycles. The minimum Gasteiger partial charge on any atom is -0.338 e. The van der Waals surface area contributed by atoms with E-state index in [4.69, 9.17) is 4.52 Å². The van der Waals surface area contributed by atoms with E-state index >= 15 is 0 Å². The van der Waals surface area contributed by atoms with E-state index in [-0.39, 0.29) is 0 Å². The Morgan fingerprint density at radius 3 is 2.75 bits per heavy atom. The lowest BCUT2D eigenvalue weighted by Gasteiger charge is -2.26. The normalized spacial score (nSPS) is 28.2. The first-order valence-corrected chi connectivity index (χ1v) is 7.16. The van der Waals surface area contributed by atoms with Gasteiger partial charge in [0, 0.05) is 11.3 Å². The van der Waals surface area contributed by atoms with Crippen LogP contribution in [0.2, 0.25) is 0 Å². The van der Waals surface area contributed by atoms with Crippen molar-refractivity contribution in [2.45, 2.75) is 26.3 Å². The van der Waals surface area contributed by atoms with Gasteiger partial charge in [0.2, 0.25) is 0 Å². The number of likely N-dealkylation sites (N-methyl/N-ethyl adjacent to an activating group) is 1. The molecule has 0 saturated carbocycles. The summed E-state index contributed by atoms with van der Waals surface area (Å²) in [6.07, 6.45) is 1.22. The minimum atomic E-state index is -0.546. The number of rotatable bonds is 3. The first-order valence-electron chi connectivity index (χ1n) is 5.95. The molecule has 1 heterocycles. The van der Waals surface area contributed by atoms with Crippen LogP contribution in [0.3, 0.4) is 0 Å². The van der Waals surface area contributed by atoms with Crippen LogP contribution in [0.1, 0.15) is 20.3 Å². The standard InChI is InChI=1S/C13H20NOP/c1-4-11(2)13-10-15-16(14(13)3)12-8-6-5-7-9-12/h5-9,11,13H,4,10H2,1-3H3/t11-,13+,16?/m0/s1. The summed E-state index contributed by atoms with van der Waals surface area (Å²) in [5, 5.41) is 1.32. The molecule has 88 valence electrons. The summed E-state index contributed by atoms with van der Waals surface area (Å²) >= 11 is 0. The van der Waals surface area contributed by atoms with Gasteiger partial charge >= 0.3 is 0 Å². The fourth-order valence-corrected chi connectivity index (χ4v) is 4.08. The second-order valence-electron chi connectivity index (χ2n) is 4.43. The highest BCUT2D eigenvalue weighted by Crippen LogP contribution is 2.47. The van der Waals surface area contributed by atoms with Gasteiger partial charge in [0.1, 0.15) is 8.30 Å². The Morgan fingerprint density at radius 2 is 2.12 bits per heavy atom. The maximum absolute atomic E-state index is 5.98. The Balaban J connectivity index is 2.10. The average Bonchev–Trinajstić information content (AvgIpc) is 2.71. The maximum atomic E-state index is 5.98. The van der Waals surface area contributed by atoms with Crippen molar-refractivity contribution in [2.24, 2.45) is 5.92 Å². The van der Waals surface area contributed by atoms with Crippen LogP contribution in [0.15, 0.2) is 30.3 Å². The van der Waals surface area contributed by atoms with Crippen molar-refractivity contribution in [1.82, 2.24) is 4.67 Å². The molecule has 2 rings (SSSR count). The summed E-state index contributed by atoms with van der Waals surface area (Å²) in [5.74, 6) is 0.709. The zero-order valence-electron chi connectivity index (χ0n) is 10.3. The summed E-state index contributed by atoms with van der Waals surface area (Å²) < 4.78 is 8.41. The molecule has 3 atom stereocenters. The molecular weight excluding hydrogens is 217 g/mol. The highest BCUT2D eigenvalue weighted by molar-refractivity contribution is 7.58. The third-order valence-electron chi connectivity index (χ3n) is 3.41. The number of hydrogen-bond donors (Lipinski definition) is 0. The van der Waals surface area contributed by atoms with E-state index in [1.165, 1.54) is 11.7 Å². The zero-order chi connectivity index (χ0) is 11.5. The Labute approximate surface area is 99.5 Å². The fraction of sp³-hybridized carbons (Fsp3) is 0.538. The van der Waals surface area contributed by atoms with Gasteiger partial charge < -0.3 is 4.52 Å². The Kier molecular flexibility index (Phi) is 3.96. The molecule has 0 spiro atoms. The van der Waals surface area contributed by atoms with Gasteiger partial charge in [-0.05, 0) is 13.0 Å². The van der Waals surface area contributed by atoms with Gasteiger partial charge in [0.15, 0.2) is 0 Å². The van der Waals surface area contributed by atoms with Crippen LogP contribution in [0.4, 0.5) is 0 Å². The second kappa shape index (κ2) is 5.27. The van der Waals surface area contributed by atoms with Crippen molar-refractivity contribution in [2.75, 3.05) is 13.7 Å². The van der Waals surface area contributed by atoms with Crippen molar-refractivity contribution in [3.05, 3.63) is 30.3 Å². The molecule has 1 aliphatic heterocycles. The Bertz CT molecular complexity index is 330. The summed E-state index contributed by atoms with van der Waals surface area (Å²) in [5.41, 5.74) is 0. The quantitative estimate of drug-likeness (QED) is 0.749. The summed E-state index contributed by atoms with van der Waals surface area (Å²) in [6, 6.07) is 11.1. The van der Waals surface area contributed by atoms with E-state index in [9.17, 15) is 0 Å². The SMILES string of the molecule is CC[C@H](C)[C@H]1COP(c2ccccc2)N1C. The molecule has 0 amide bonds. The van der Waals surface area contributed by atoms with E-state index in [0.717, 1.165) is 6.61 Å². The van der Waals surface area contributed by atoms with Crippen LogP contribution < -0.4 is 5.30 Å². The predicted molar refractivity (Wildman–Crippen MR) is 70.0 cm³/mol. The number of nitrogens with zero attached hydrogens (tertiary/aromatic N) is 1. The molecule has 0 bridgehead atoms. The number of hydrogen-bond acceptors (Lipinski definition) is 2. The molecule has 0 aromatic heterocycles. The van der Waals surface area contributed by atoms with Gasteiger partial charge in [-0.3, -0.25) is 4.67 Å². The largest absolute Gasteiger partial charge is 0.338 e. The van der Waals surface area contributed by atoms with Crippen LogP contribution in [0.5, 0.6) is 0 Å². The molecule has 3 heteroatoms. The lowest BCUT2D eigenvalue weighted by atomic mass is 10.0. The summed E-state index contributed by atoms with van der Waals surface area (Å²) in [7, 11) is 1.65. The topological polar surface area (TPSA) is 12.5 Å². The van der Waals surface area contributed by atoms with Crippen LogP contribution in [0, 0.1) is 5.92 Å². The van der Waals surface area contributed by atoms with Gasteiger partial charge in [-0.2, -0.15) is 0 Å². The van der Waals surface area contributed by atoms with Crippen molar-refractivity contribution in [3.63, 3.8) is 0 Å². The van der Waals surface area contributed by atoms with Crippen molar-refractivity contribution in [1.29, 1.82) is 0 Å². The molecule has 1 aromatic rings. The lowest BCUT2D eigenvalue weighted by Crippen LogP contribution is -2.31. The molecule has 2 nitrogen and oxygen atoms in total. The molecule has 1 aromatic carbocycles. The molecule has 16 heavy (non-hydrogen) atoms. The zero-order valence-corrected chi connectivity index (χ0v) is 11.2. The molecule has 1 unspecified atom stereocenters. The van der Waals surface area contributed by atoms with E-state index in [0.29, 0.717) is 12.0 Å². The maximum Gasteiger partial charge on any atom is 0.137 e. The Hall–Kier alpha value is -0.430. The average molecular weight is 237 g/mol. The van der Waals surface area contributed by atoms with Gasteiger partial charge in [-0.15, -0.1) is 0 Å². The van der Waals surface area contributed by atoms with E-state index < -0.39 is 8.30 Å². The summed E-state index contributed by atoms with van der Waals surface area (Å²) in [4.78, 5) is 0. The molecule has 1 fully saturated rings. The third-order valence-corrected chi connectivity index (χ3v) is 5.42. The highest BCUT2D eigenvalue weighted by atomic mass is 31.2. The molecule has 0 aliphatic carbocycles. The lowest BCUT2D eigenvalue weighted by molar-refractivity contribution is 0.258. The molecule has 0 radical (unpaired) electrons. The monoisotopic (exact) mass is 237 g/mol. The van der Waals surface area contributed by atoms with Gasteiger partial charge in [-0.1, -0.05) is 50.6 Å². The molecule has 1 aliphatic rings. The predicted octanol–water partition coefficient (Wildman–Crippen LogP) is 3.00. The van der Waals surface area contributed by atoms with Crippen molar-refractivity contribution >= 4 is 13.6 Å². The second-order valence-corrected chi connectivity index (χ2v) is 6.38. The van der Waals surface area contributed by atoms with Crippen LogP contribution >= 0.6 is 8.30 Å². The highest BCUT2D eigenvalue weighted by Gasteiger charge is 2.35. The summed E-state index contributed by atoms with van der Waals surface area (Å²) in [6.45, 7) is 5.45. The van der Waals surface area contributed by atoms with Crippen LogP contribution in [0.25, 0.3) is 0 Å². The van der Waals surface area contributed by atoms with E-state index in [1.807, 2.05) is 0 Å². The fourth-order valence-electron chi connectivity index (χ4n) is 2.10. The third kappa shape index (κ3) is 2.29. The number of benzene rings is 1. The van der Waals surface area contributed by atoms with Gasteiger partial charge in [0.25, 0.3) is 0 Å². The smallest absolute Gasteiger partial charge is 0.137 e. The van der Waals surface area contributed by atoms with Crippen LogP contribution in [-0.2, 0) is 4.52 Å². The molecular formula is C13H20NOP. The first-order chi connectivity index (χ1) is 7.74. The van der Waals surface area contributed by atoms with Gasteiger partial charge in [-0.25, -0.2) is 0 Å². The Morgan fingerprint density at radius 1 is 1.44 bits per heavy atom. The van der Waals surface area contributed by atoms with Crippen molar-refractivity contribution < 1.29 is 4.52 Å². The van der Waals surface area contributed by atoms with Crippen LogP contribution in [-0.4, -0.2) is 24.4 Å². The first kappa shape index (κ1) is 12.0.